The van der Waals surface area contributed by atoms with Crippen molar-refractivity contribution < 1.29 is 19.4 Å². The van der Waals surface area contributed by atoms with E-state index in [9.17, 15) is 14.7 Å². The van der Waals surface area contributed by atoms with Crippen LogP contribution in [0.1, 0.15) is 15.9 Å². The average molecular weight is 381 g/mol. The average Bonchev–Trinajstić information content (AvgIpc) is 2.72. The molecular weight excluding hydrogens is 362 g/mol. The topological polar surface area (TPSA) is 102 Å². The Labute approximate surface area is 160 Å². The van der Waals surface area contributed by atoms with Crippen molar-refractivity contribution in [3.05, 3.63) is 64.2 Å². The fourth-order valence-corrected chi connectivity index (χ4v) is 3.25. The van der Waals surface area contributed by atoms with Gasteiger partial charge in [-0.15, -0.1) is 0 Å². The van der Waals surface area contributed by atoms with Crippen molar-refractivity contribution >= 4 is 11.6 Å². The van der Waals surface area contributed by atoms with Gasteiger partial charge in [-0.1, -0.05) is 6.07 Å². The van der Waals surface area contributed by atoms with Crippen LogP contribution in [-0.2, 0) is 6.42 Å². The number of pyridine rings is 1. The molecule has 1 atom stereocenters. The van der Waals surface area contributed by atoms with Crippen LogP contribution >= 0.6 is 0 Å². The second-order valence-electron chi connectivity index (χ2n) is 6.63. The fourth-order valence-electron chi connectivity index (χ4n) is 3.25. The summed E-state index contributed by atoms with van der Waals surface area (Å²) in [6, 6.07) is 8.62. The quantitative estimate of drug-likeness (QED) is 0.708. The third kappa shape index (κ3) is 3.24. The molecule has 2 N–H and O–H groups in total. The Morgan fingerprint density at radius 3 is 3.11 bits per heavy atom. The third-order valence-electron chi connectivity index (χ3n) is 4.77. The van der Waals surface area contributed by atoms with Crippen molar-refractivity contribution in [3.8, 4) is 17.2 Å². The van der Waals surface area contributed by atoms with Crippen molar-refractivity contribution in [2.75, 3.05) is 20.3 Å². The number of ether oxygens (including phenoxy) is 2. The summed E-state index contributed by atoms with van der Waals surface area (Å²) >= 11 is 0. The summed E-state index contributed by atoms with van der Waals surface area (Å²) in [7, 11) is 1.61. The van der Waals surface area contributed by atoms with Crippen LogP contribution in [0.4, 0.5) is 0 Å². The predicted molar refractivity (Wildman–Crippen MR) is 101 cm³/mol. The van der Waals surface area contributed by atoms with Crippen molar-refractivity contribution in [1.29, 1.82) is 0 Å². The van der Waals surface area contributed by atoms with Gasteiger partial charge in [0, 0.05) is 30.9 Å². The first-order chi connectivity index (χ1) is 13.6. The van der Waals surface area contributed by atoms with Gasteiger partial charge in [0.05, 0.1) is 13.7 Å². The minimum Gasteiger partial charge on any atom is -0.504 e. The maximum absolute atomic E-state index is 12.5. The van der Waals surface area contributed by atoms with Crippen molar-refractivity contribution in [3.63, 3.8) is 0 Å². The summed E-state index contributed by atoms with van der Waals surface area (Å²) in [4.78, 5) is 29.0. The van der Waals surface area contributed by atoms with Crippen LogP contribution in [0.2, 0.25) is 0 Å². The number of nitrogens with zero attached hydrogens (tertiary/aromatic N) is 2. The molecule has 0 saturated carbocycles. The lowest BCUT2D eigenvalue weighted by Gasteiger charge is -2.25. The predicted octanol–water partition coefficient (Wildman–Crippen LogP) is 1.39. The molecule has 144 valence electrons. The minimum absolute atomic E-state index is 0.0787. The van der Waals surface area contributed by atoms with Crippen LogP contribution in [-0.4, -0.2) is 40.7 Å². The van der Waals surface area contributed by atoms with Crippen LogP contribution in [0.15, 0.2) is 47.5 Å². The molecule has 8 nitrogen and oxygen atoms in total. The first-order valence-electron chi connectivity index (χ1n) is 8.84. The molecule has 3 aromatic rings. The van der Waals surface area contributed by atoms with E-state index in [0.29, 0.717) is 13.2 Å². The molecule has 8 heteroatoms. The number of carbonyl (C=O) groups excluding carboxylic acids is 1. The number of hydrogen-bond donors (Lipinski definition) is 2. The smallest absolute Gasteiger partial charge is 0.270 e. The molecule has 1 aliphatic rings. The summed E-state index contributed by atoms with van der Waals surface area (Å²) < 4.78 is 12.1. The minimum atomic E-state index is -0.532. The SMILES string of the molecule is COc1ccc2c(c1)OCC(CNC(=O)c1cnc3c(O)cccn3c1=O)C2. The van der Waals surface area contributed by atoms with Gasteiger partial charge in [-0.25, -0.2) is 4.98 Å². The van der Waals surface area contributed by atoms with Gasteiger partial charge >= 0.3 is 0 Å². The van der Waals surface area contributed by atoms with E-state index >= 15 is 0 Å². The molecule has 28 heavy (non-hydrogen) atoms. The normalized spacial score (nSPS) is 15.5. The summed E-state index contributed by atoms with van der Waals surface area (Å²) in [5.41, 5.74) is 0.548. The Balaban J connectivity index is 1.46. The second kappa shape index (κ2) is 7.22. The molecule has 1 aromatic carbocycles. The van der Waals surface area contributed by atoms with Crippen molar-refractivity contribution in [2.24, 2.45) is 5.92 Å². The maximum Gasteiger partial charge on any atom is 0.270 e. The molecular formula is C20H19N3O5. The zero-order valence-corrected chi connectivity index (χ0v) is 15.2. The molecule has 1 amide bonds. The largest absolute Gasteiger partial charge is 0.504 e. The lowest BCUT2D eigenvalue weighted by atomic mass is 9.96. The van der Waals surface area contributed by atoms with Crippen molar-refractivity contribution in [1.82, 2.24) is 14.7 Å². The number of carbonyl (C=O) groups is 1. The Morgan fingerprint density at radius 2 is 2.29 bits per heavy atom. The maximum atomic E-state index is 12.5. The highest BCUT2D eigenvalue weighted by Crippen LogP contribution is 2.30. The van der Waals surface area contributed by atoms with Crippen molar-refractivity contribution in [2.45, 2.75) is 6.42 Å². The number of benzene rings is 1. The molecule has 2 aromatic heterocycles. The summed E-state index contributed by atoms with van der Waals surface area (Å²) in [6.45, 7) is 0.829. The molecule has 1 aliphatic heterocycles. The number of aromatic nitrogens is 2. The molecule has 0 saturated heterocycles. The first-order valence-corrected chi connectivity index (χ1v) is 8.84. The molecule has 3 heterocycles. The summed E-state index contributed by atoms with van der Waals surface area (Å²) in [5.74, 6) is 0.988. The number of rotatable bonds is 4. The zero-order chi connectivity index (χ0) is 19.7. The molecule has 0 spiro atoms. The highest BCUT2D eigenvalue weighted by atomic mass is 16.5. The molecule has 0 aliphatic carbocycles. The van der Waals surface area contributed by atoms with Gasteiger partial charge in [0.1, 0.15) is 17.1 Å². The van der Waals surface area contributed by atoms with Crippen LogP contribution in [0.5, 0.6) is 17.2 Å². The number of amides is 1. The number of nitrogens with one attached hydrogen (secondary N) is 1. The zero-order valence-electron chi connectivity index (χ0n) is 15.2. The number of aromatic hydroxyl groups is 1. The van der Waals surface area contributed by atoms with E-state index < -0.39 is 11.5 Å². The number of hydrogen-bond acceptors (Lipinski definition) is 6. The monoisotopic (exact) mass is 381 g/mol. The Morgan fingerprint density at radius 1 is 1.43 bits per heavy atom. The van der Waals surface area contributed by atoms with E-state index in [1.54, 1.807) is 7.11 Å². The number of methoxy groups -OCH3 is 1. The highest BCUT2D eigenvalue weighted by molar-refractivity contribution is 5.93. The highest BCUT2D eigenvalue weighted by Gasteiger charge is 2.22. The van der Waals surface area contributed by atoms with Crippen LogP contribution < -0.4 is 20.3 Å². The number of fused-ring (bicyclic) bond motifs is 2. The first kappa shape index (κ1) is 17.8. The van der Waals surface area contributed by atoms with E-state index in [1.165, 1.54) is 24.5 Å². The van der Waals surface area contributed by atoms with Crippen LogP contribution in [0, 0.1) is 5.92 Å². The summed E-state index contributed by atoms with van der Waals surface area (Å²) in [6.07, 6.45) is 3.40. The van der Waals surface area contributed by atoms with Gasteiger partial charge < -0.3 is 19.9 Å². The molecule has 4 rings (SSSR count). The fraction of sp³-hybridized carbons (Fsp3) is 0.250. The van der Waals surface area contributed by atoms with Gasteiger partial charge in [0.2, 0.25) is 0 Å². The molecule has 0 fully saturated rings. The van der Waals surface area contributed by atoms with Crippen LogP contribution in [0.3, 0.4) is 0 Å². The van der Waals surface area contributed by atoms with E-state index in [-0.39, 0.29) is 22.9 Å². The van der Waals surface area contributed by atoms with Gasteiger partial charge in [-0.05, 0) is 30.2 Å². The standard InChI is InChI=1S/C20H19N3O5/c1-27-14-5-4-13-7-12(11-28-17(13)8-14)9-22-19(25)15-10-21-18-16(24)3-2-6-23(18)20(15)26/h2-6,8,10,12,24H,7,9,11H2,1H3,(H,22,25). The van der Waals surface area contributed by atoms with E-state index in [2.05, 4.69) is 10.3 Å². The molecule has 0 bridgehead atoms. The Bertz CT molecular complexity index is 1110. The van der Waals surface area contributed by atoms with Crippen LogP contribution in [0.25, 0.3) is 5.65 Å². The molecule has 1 unspecified atom stereocenters. The Kier molecular flexibility index (Phi) is 4.60. The summed E-state index contributed by atoms with van der Waals surface area (Å²) in [5, 5.41) is 12.5. The van der Waals surface area contributed by atoms with Gasteiger partial charge in [-0.2, -0.15) is 0 Å². The third-order valence-corrected chi connectivity index (χ3v) is 4.77. The molecule has 0 radical (unpaired) electrons. The van der Waals surface area contributed by atoms with Gasteiger partial charge in [0.25, 0.3) is 11.5 Å². The van der Waals surface area contributed by atoms with Gasteiger partial charge in [-0.3, -0.25) is 14.0 Å². The Hall–Kier alpha value is -3.55. The van der Waals surface area contributed by atoms with Gasteiger partial charge in [0.15, 0.2) is 11.4 Å². The van der Waals surface area contributed by atoms with E-state index in [1.807, 2.05) is 18.2 Å². The second-order valence-corrected chi connectivity index (χ2v) is 6.63. The lowest BCUT2D eigenvalue weighted by Crippen LogP contribution is -2.37. The van der Waals surface area contributed by atoms with E-state index in [0.717, 1.165) is 27.9 Å². The van der Waals surface area contributed by atoms with E-state index in [4.69, 9.17) is 9.47 Å². The lowest BCUT2D eigenvalue weighted by molar-refractivity contribution is 0.0937.